The molecule has 2 aromatic carbocycles. The van der Waals surface area contributed by atoms with Crippen molar-refractivity contribution in [2.24, 2.45) is 11.5 Å². The summed E-state index contributed by atoms with van der Waals surface area (Å²) in [7, 11) is 0. The lowest BCUT2D eigenvalue weighted by Gasteiger charge is -2.43. The van der Waals surface area contributed by atoms with Gasteiger partial charge in [0.05, 0.1) is 20.2 Å². The van der Waals surface area contributed by atoms with Crippen LogP contribution < -0.4 is 21.3 Å². The SMILES string of the molecule is NC1C2=C(CCCC2)N(C(I)CCCCCCC(I)N2C3=C(CCCC3)C(N)c3ccccc32)c2ccccc21. The number of benzene rings is 2. The molecule has 2 aromatic rings. The van der Waals surface area contributed by atoms with Crippen molar-refractivity contribution in [2.45, 2.75) is 110 Å². The fraction of sp³-hybridized carbons (Fsp3) is 0.529. The molecule has 0 bridgehead atoms. The van der Waals surface area contributed by atoms with Gasteiger partial charge in [-0.25, -0.2) is 0 Å². The highest BCUT2D eigenvalue weighted by molar-refractivity contribution is 14.1. The first-order chi connectivity index (χ1) is 19.6. The molecule has 0 radical (unpaired) electrons. The Morgan fingerprint density at radius 3 is 1.45 bits per heavy atom. The zero-order valence-corrected chi connectivity index (χ0v) is 27.9. The number of para-hydroxylation sites is 2. The van der Waals surface area contributed by atoms with Gasteiger partial charge in [0.15, 0.2) is 0 Å². The normalized spacial score (nSPS) is 23.8. The second kappa shape index (κ2) is 13.0. The third kappa shape index (κ3) is 5.63. The van der Waals surface area contributed by atoms with Crippen molar-refractivity contribution in [1.82, 2.24) is 0 Å². The van der Waals surface area contributed by atoms with Gasteiger partial charge in [0.1, 0.15) is 0 Å². The van der Waals surface area contributed by atoms with E-state index in [1.807, 2.05) is 0 Å². The van der Waals surface area contributed by atoms with Gasteiger partial charge in [0.2, 0.25) is 0 Å². The Morgan fingerprint density at radius 2 is 1.00 bits per heavy atom. The number of alkyl halides is 2. The topological polar surface area (TPSA) is 58.5 Å². The summed E-state index contributed by atoms with van der Waals surface area (Å²) in [5.74, 6) is 0. The molecule has 4 aliphatic rings. The Kier molecular flexibility index (Phi) is 9.45. The monoisotopic (exact) mass is 762 g/mol. The molecule has 6 heteroatoms. The maximum absolute atomic E-state index is 6.77. The molecular formula is C34H44I2N4. The number of hydrogen-bond acceptors (Lipinski definition) is 4. The Balaban J connectivity index is 1.04. The van der Waals surface area contributed by atoms with Crippen molar-refractivity contribution in [3.63, 3.8) is 0 Å². The minimum absolute atomic E-state index is 0.0793. The van der Waals surface area contributed by atoms with E-state index in [0.717, 1.165) is 12.8 Å². The van der Waals surface area contributed by atoms with Crippen LogP contribution in [-0.4, -0.2) is 8.10 Å². The molecule has 0 amide bonds. The average Bonchev–Trinajstić information content (AvgIpc) is 2.99. The molecule has 0 saturated carbocycles. The van der Waals surface area contributed by atoms with Crippen molar-refractivity contribution in [3.8, 4) is 0 Å². The Labute approximate surface area is 268 Å². The lowest BCUT2D eigenvalue weighted by atomic mass is 9.83. The van der Waals surface area contributed by atoms with E-state index in [1.54, 1.807) is 0 Å². The number of anilines is 2. The molecule has 0 fully saturated rings. The number of allylic oxidation sites excluding steroid dienone is 2. The molecule has 4 atom stereocenters. The highest BCUT2D eigenvalue weighted by Crippen LogP contribution is 2.48. The van der Waals surface area contributed by atoms with Gasteiger partial charge in [-0.3, -0.25) is 0 Å². The number of nitrogens with two attached hydrogens (primary N) is 2. The van der Waals surface area contributed by atoms with Crippen LogP contribution in [0.2, 0.25) is 0 Å². The van der Waals surface area contributed by atoms with Gasteiger partial charge in [-0.1, -0.05) is 107 Å². The van der Waals surface area contributed by atoms with Crippen LogP contribution in [0.5, 0.6) is 0 Å². The third-order valence-electron chi connectivity index (χ3n) is 9.55. The first kappa shape index (κ1) is 29.0. The van der Waals surface area contributed by atoms with Crippen LogP contribution in [0.3, 0.4) is 0 Å². The van der Waals surface area contributed by atoms with E-state index in [4.69, 9.17) is 11.5 Å². The van der Waals surface area contributed by atoms with Crippen LogP contribution >= 0.6 is 45.2 Å². The molecule has 0 saturated heterocycles. The van der Waals surface area contributed by atoms with Gasteiger partial charge in [-0.15, -0.1) is 0 Å². The standard InChI is InChI=1S/C34H44I2N4/c35-31(39-27-17-9-5-13-23(27)33(37)24-14-6-10-18-28(24)39)21-3-1-2-4-22-32(36)40-29-19-11-7-15-25(29)34(38)26-16-8-12-20-30(26)40/h5,7,9,11,13,15,17,19,31-34H,1-4,6,8,10,12,14,16,18,20-22,37-38H2. The summed E-state index contributed by atoms with van der Waals surface area (Å²) in [5, 5.41) is 0. The molecule has 40 heavy (non-hydrogen) atoms. The van der Waals surface area contributed by atoms with Crippen molar-refractivity contribution in [2.75, 3.05) is 9.80 Å². The summed E-state index contributed by atoms with van der Waals surface area (Å²) in [6.07, 6.45) is 17.4. The summed E-state index contributed by atoms with van der Waals surface area (Å²) in [6, 6.07) is 17.9. The van der Waals surface area contributed by atoms with Crippen molar-refractivity contribution >= 4 is 56.6 Å². The summed E-state index contributed by atoms with van der Waals surface area (Å²) in [4.78, 5) is 5.31. The van der Waals surface area contributed by atoms with Gasteiger partial charge < -0.3 is 21.3 Å². The van der Waals surface area contributed by atoms with Crippen LogP contribution in [0.15, 0.2) is 71.1 Å². The number of fused-ring (bicyclic) bond motifs is 2. The van der Waals surface area contributed by atoms with Crippen LogP contribution in [0.4, 0.5) is 11.4 Å². The number of unbranched alkanes of at least 4 members (excludes halogenated alkanes) is 3. The van der Waals surface area contributed by atoms with Gasteiger partial charge in [-0.05, 0) is 98.6 Å². The van der Waals surface area contributed by atoms with E-state index >= 15 is 0 Å². The molecular weight excluding hydrogens is 718 g/mol. The molecule has 6 rings (SSSR count). The third-order valence-corrected chi connectivity index (χ3v) is 11.9. The molecule has 214 valence electrons. The summed E-state index contributed by atoms with van der Waals surface area (Å²) in [5.41, 5.74) is 24.9. The Morgan fingerprint density at radius 1 is 0.600 bits per heavy atom. The molecule has 0 aromatic heterocycles. The average molecular weight is 763 g/mol. The van der Waals surface area contributed by atoms with Crippen LogP contribution in [-0.2, 0) is 0 Å². The van der Waals surface area contributed by atoms with E-state index in [0.29, 0.717) is 8.10 Å². The van der Waals surface area contributed by atoms with E-state index in [-0.39, 0.29) is 12.1 Å². The first-order valence-electron chi connectivity index (χ1n) is 15.6. The van der Waals surface area contributed by atoms with Crippen molar-refractivity contribution in [1.29, 1.82) is 0 Å². The fourth-order valence-electron chi connectivity index (χ4n) is 7.53. The van der Waals surface area contributed by atoms with Crippen LogP contribution in [0.25, 0.3) is 0 Å². The predicted molar refractivity (Wildman–Crippen MR) is 186 cm³/mol. The van der Waals surface area contributed by atoms with Gasteiger partial charge in [-0.2, -0.15) is 0 Å². The lowest BCUT2D eigenvalue weighted by Crippen LogP contribution is -2.38. The second-order valence-electron chi connectivity index (χ2n) is 12.0. The minimum atomic E-state index is 0.0793. The van der Waals surface area contributed by atoms with Crippen LogP contribution in [0, 0.1) is 0 Å². The fourth-order valence-corrected chi connectivity index (χ4v) is 9.68. The number of nitrogens with zero attached hydrogens (tertiary/aromatic N) is 2. The zero-order valence-electron chi connectivity index (χ0n) is 23.6. The molecule has 2 aliphatic heterocycles. The molecule has 4 nitrogen and oxygen atoms in total. The highest BCUT2D eigenvalue weighted by atomic mass is 127. The van der Waals surface area contributed by atoms with E-state index in [1.165, 1.54) is 122 Å². The van der Waals surface area contributed by atoms with Gasteiger partial charge in [0, 0.05) is 22.8 Å². The summed E-state index contributed by atoms with van der Waals surface area (Å²) < 4.78 is 0.967. The molecule has 0 spiro atoms. The lowest BCUT2D eigenvalue weighted by molar-refractivity contribution is 0.547. The van der Waals surface area contributed by atoms with E-state index in [9.17, 15) is 0 Å². The van der Waals surface area contributed by atoms with E-state index in [2.05, 4.69) is 104 Å². The second-order valence-corrected chi connectivity index (χ2v) is 14.9. The van der Waals surface area contributed by atoms with E-state index < -0.39 is 0 Å². The first-order valence-corrected chi connectivity index (χ1v) is 18.0. The molecule has 4 N–H and O–H groups in total. The predicted octanol–water partition coefficient (Wildman–Crippen LogP) is 9.55. The molecule has 4 unspecified atom stereocenters. The summed E-state index contributed by atoms with van der Waals surface area (Å²) in [6.45, 7) is 0. The maximum atomic E-state index is 6.77. The van der Waals surface area contributed by atoms with Crippen LogP contribution in [0.1, 0.15) is 113 Å². The minimum Gasteiger partial charge on any atom is -0.332 e. The van der Waals surface area contributed by atoms with Gasteiger partial charge >= 0.3 is 0 Å². The largest absolute Gasteiger partial charge is 0.332 e. The Bertz CT molecular complexity index is 1170. The number of halogens is 2. The molecule has 2 aliphatic carbocycles. The number of hydrogen-bond donors (Lipinski definition) is 2. The Hall–Kier alpha value is -1.10. The van der Waals surface area contributed by atoms with Gasteiger partial charge in [0.25, 0.3) is 0 Å². The maximum Gasteiger partial charge on any atom is 0.0855 e. The zero-order chi connectivity index (χ0) is 27.6. The smallest absolute Gasteiger partial charge is 0.0855 e. The van der Waals surface area contributed by atoms with Crippen molar-refractivity contribution < 1.29 is 0 Å². The van der Waals surface area contributed by atoms with Crippen molar-refractivity contribution in [3.05, 3.63) is 82.2 Å². The summed E-state index contributed by atoms with van der Waals surface area (Å²) >= 11 is 5.40. The highest BCUT2D eigenvalue weighted by Gasteiger charge is 2.35. The number of rotatable bonds is 9. The quantitative estimate of drug-likeness (QED) is 0.116. The molecule has 2 heterocycles.